The molecule has 0 saturated heterocycles. The molecule has 0 N–H and O–H groups in total. The Morgan fingerprint density at radius 3 is 1.57 bits per heavy atom. The van der Waals surface area contributed by atoms with Crippen LogP contribution >= 0.6 is 0 Å². The second-order valence-electron chi connectivity index (χ2n) is 12.8. The van der Waals surface area contributed by atoms with E-state index in [4.69, 9.17) is 19.4 Å². The molecule has 0 aliphatic heterocycles. The summed E-state index contributed by atoms with van der Waals surface area (Å²) in [6.07, 6.45) is 0. The van der Waals surface area contributed by atoms with Crippen LogP contribution in [0.15, 0.2) is 180 Å². The van der Waals surface area contributed by atoms with Crippen LogP contribution in [0.25, 0.3) is 99.9 Å². The van der Waals surface area contributed by atoms with E-state index < -0.39 is 0 Å². The Balaban J connectivity index is 1.20. The molecule has 0 aliphatic carbocycles. The molecule has 0 saturated carbocycles. The van der Waals surface area contributed by atoms with E-state index in [2.05, 4.69) is 115 Å². The molecular weight excluding hydrogens is 623 g/mol. The molecule has 0 aliphatic rings. The van der Waals surface area contributed by atoms with E-state index in [-0.39, 0.29) is 0 Å². The number of hydrogen-bond donors (Lipinski definition) is 0. The first-order chi connectivity index (χ1) is 25.2. The molecule has 10 rings (SSSR count). The third kappa shape index (κ3) is 5.13. The van der Waals surface area contributed by atoms with E-state index in [9.17, 15) is 0 Å². The number of furan rings is 1. The second kappa shape index (κ2) is 11.9. The molecule has 0 unspecified atom stereocenters. The summed E-state index contributed by atoms with van der Waals surface area (Å²) < 4.78 is 6.68. The Labute approximate surface area is 294 Å². The van der Waals surface area contributed by atoms with E-state index in [1.54, 1.807) is 0 Å². The van der Waals surface area contributed by atoms with Crippen molar-refractivity contribution in [3.63, 3.8) is 0 Å². The largest absolute Gasteiger partial charge is 0.456 e. The molecule has 0 radical (unpaired) electrons. The highest BCUT2D eigenvalue weighted by molar-refractivity contribution is 6.23. The summed E-state index contributed by atoms with van der Waals surface area (Å²) in [5.74, 6) is 1.83. The van der Waals surface area contributed by atoms with Crippen LogP contribution in [0.2, 0.25) is 0 Å². The fourth-order valence-electron chi connectivity index (χ4n) is 7.17. The highest BCUT2D eigenvalue weighted by atomic mass is 16.3. The monoisotopic (exact) mass is 651 g/mol. The van der Waals surface area contributed by atoms with Gasteiger partial charge < -0.3 is 4.42 Å². The van der Waals surface area contributed by atoms with Crippen molar-refractivity contribution in [3.05, 3.63) is 176 Å². The summed E-state index contributed by atoms with van der Waals surface area (Å²) in [7, 11) is 0. The van der Waals surface area contributed by atoms with Gasteiger partial charge >= 0.3 is 0 Å². The number of nitrogens with zero attached hydrogens (tertiary/aromatic N) is 3. The molecule has 0 bridgehead atoms. The molecule has 10 aromatic rings. The SMILES string of the molecule is c1ccc(-c2nc(-c3ccccc3)nc(-c3cc(-c4ccc(-c5ccc6ccccc6c5)cc4)c4c(c3)oc3ccc5ccccc5c34)n2)cc1. The molecule has 238 valence electrons. The van der Waals surface area contributed by atoms with E-state index in [0.29, 0.717) is 17.5 Å². The van der Waals surface area contributed by atoms with Gasteiger partial charge in [-0.25, -0.2) is 15.0 Å². The van der Waals surface area contributed by atoms with Gasteiger partial charge in [-0.3, -0.25) is 0 Å². The van der Waals surface area contributed by atoms with Crippen LogP contribution in [-0.4, -0.2) is 15.0 Å². The van der Waals surface area contributed by atoms with Crippen molar-refractivity contribution in [1.82, 2.24) is 15.0 Å². The minimum Gasteiger partial charge on any atom is -0.456 e. The van der Waals surface area contributed by atoms with Crippen molar-refractivity contribution >= 4 is 43.5 Å². The van der Waals surface area contributed by atoms with Gasteiger partial charge in [-0.1, -0.05) is 152 Å². The van der Waals surface area contributed by atoms with Gasteiger partial charge in [-0.15, -0.1) is 0 Å². The third-order valence-electron chi connectivity index (χ3n) is 9.70. The average molecular weight is 652 g/mol. The van der Waals surface area contributed by atoms with Crippen molar-refractivity contribution < 1.29 is 4.42 Å². The van der Waals surface area contributed by atoms with E-state index in [1.807, 2.05) is 60.7 Å². The Hall–Kier alpha value is -6.91. The quantitative estimate of drug-likeness (QED) is 0.186. The lowest BCUT2D eigenvalue weighted by molar-refractivity contribution is 0.669. The zero-order valence-corrected chi connectivity index (χ0v) is 27.5. The molecule has 0 fully saturated rings. The van der Waals surface area contributed by atoms with Gasteiger partial charge in [-0.2, -0.15) is 0 Å². The van der Waals surface area contributed by atoms with Crippen LogP contribution in [-0.2, 0) is 0 Å². The second-order valence-corrected chi connectivity index (χ2v) is 12.8. The molecule has 2 heterocycles. The summed E-state index contributed by atoms with van der Waals surface area (Å²) in [5, 5.41) is 6.98. The first-order valence-corrected chi connectivity index (χ1v) is 17.1. The van der Waals surface area contributed by atoms with Crippen LogP contribution in [0.5, 0.6) is 0 Å². The predicted molar refractivity (Wildman–Crippen MR) is 209 cm³/mol. The zero-order valence-electron chi connectivity index (χ0n) is 27.5. The predicted octanol–water partition coefficient (Wildman–Crippen LogP) is 12.4. The van der Waals surface area contributed by atoms with E-state index in [1.165, 1.54) is 21.7 Å². The molecular formula is C47H29N3O. The van der Waals surface area contributed by atoms with Gasteiger partial charge in [0.15, 0.2) is 17.5 Å². The number of aromatic nitrogens is 3. The van der Waals surface area contributed by atoms with Crippen molar-refractivity contribution in [2.75, 3.05) is 0 Å². The molecule has 0 amide bonds. The Morgan fingerprint density at radius 1 is 0.314 bits per heavy atom. The highest BCUT2D eigenvalue weighted by Gasteiger charge is 2.20. The molecule has 51 heavy (non-hydrogen) atoms. The van der Waals surface area contributed by atoms with Gasteiger partial charge in [0.05, 0.1) is 0 Å². The summed E-state index contributed by atoms with van der Waals surface area (Å²) in [5.41, 5.74) is 8.85. The number of fused-ring (bicyclic) bond motifs is 6. The summed E-state index contributed by atoms with van der Waals surface area (Å²) in [6.45, 7) is 0. The number of hydrogen-bond acceptors (Lipinski definition) is 4. The Kier molecular flexibility index (Phi) is 6.78. The zero-order chi connectivity index (χ0) is 33.7. The average Bonchev–Trinajstić information content (AvgIpc) is 3.60. The summed E-state index contributed by atoms with van der Waals surface area (Å²) in [4.78, 5) is 15.0. The highest BCUT2D eigenvalue weighted by Crippen LogP contribution is 2.43. The maximum atomic E-state index is 6.68. The van der Waals surface area contributed by atoms with Crippen LogP contribution in [0.3, 0.4) is 0 Å². The van der Waals surface area contributed by atoms with Crippen LogP contribution < -0.4 is 0 Å². The lowest BCUT2D eigenvalue weighted by atomic mass is 9.93. The van der Waals surface area contributed by atoms with Gasteiger partial charge in [0.2, 0.25) is 0 Å². The van der Waals surface area contributed by atoms with Crippen molar-refractivity contribution in [1.29, 1.82) is 0 Å². The molecule has 0 atom stereocenters. The fourth-order valence-corrected chi connectivity index (χ4v) is 7.17. The first-order valence-electron chi connectivity index (χ1n) is 17.1. The van der Waals surface area contributed by atoms with Crippen molar-refractivity contribution in [2.24, 2.45) is 0 Å². The summed E-state index contributed by atoms with van der Waals surface area (Å²) >= 11 is 0. The molecule has 4 nitrogen and oxygen atoms in total. The minimum absolute atomic E-state index is 0.587. The molecule has 4 heteroatoms. The van der Waals surface area contributed by atoms with Crippen LogP contribution in [0.1, 0.15) is 0 Å². The smallest absolute Gasteiger partial charge is 0.164 e. The van der Waals surface area contributed by atoms with E-state index >= 15 is 0 Å². The Bertz CT molecular complexity index is 2840. The Morgan fingerprint density at radius 2 is 0.863 bits per heavy atom. The molecule has 8 aromatic carbocycles. The van der Waals surface area contributed by atoms with Gasteiger partial charge in [0, 0.05) is 27.5 Å². The van der Waals surface area contributed by atoms with Crippen LogP contribution in [0.4, 0.5) is 0 Å². The van der Waals surface area contributed by atoms with Crippen molar-refractivity contribution in [2.45, 2.75) is 0 Å². The number of benzene rings is 8. The first kappa shape index (κ1) is 29.0. The molecule has 2 aromatic heterocycles. The van der Waals surface area contributed by atoms with Gasteiger partial charge in [0.1, 0.15) is 11.2 Å². The summed E-state index contributed by atoms with van der Waals surface area (Å²) in [6, 6.07) is 61.1. The lowest BCUT2D eigenvalue weighted by Crippen LogP contribution is -2.00. The molecule has 0 spiro atoms. The lowest BCUT2D eigenvalue weighted by Gasteiger charge is -2.12. The topological polar surface area (TPSA) is 51.8 Å². The third-order valence-corrected chi connectivity index (χ3v) is 9.70. The van der Waals surface area contributed by atoms with Gasteiger partial charge in [-0.05, 0) is 68.1 Å². The maximum absolute atomic E-state index is 6.68. The van der Waals surface area contributed by atoms with E-state index in [0.717, 1.165) is 60.7 Å². The minimum atomic E-state index is 0.587. The van der Waals surface area contributed by atoms with Crippen LogP contribution in [0, 0.1) is 0 Å². The maximum Gasteiger partial charge on any atom is 0.164 e. The van der Waals surface area contributed by atoms with Gasteiger partial charge in [0.25, 0.3) is 0 Å². The normalized spacial score (nSPS) is 11.5. The van der Waals surface area contributed by atoms with Crippen molar-refractivity contribution in [3.8, 4) is 56.4 Å². The number of rotatable bonds is 5. The standard InChI is InChI=1S/C47H29N3O/c1-3-13-34(14-4-1)45-48-46(35-15-5-2-6-16-35)50-47(49-45)38-28-40(44-42(29-38)51-41-26-25-32-12-9-10-18-39(32)43(41)44)33-22-19-31(20-23-33)37-24-21-30-11-7-8-17-36(30)27-37/h1-29H. The fraction of sp³-hybridized carbons (Fsp3) is 0.